The Morgan fingerprint density at radius 3 is 2.72 bits per heavy atom. The maximum Gasteiger partial charge on any atom is 0.246 e. The van der Waals surface area contributed by atoms with Crippen molar-refractivity contribution in [2.24, 2.45) is 5.92 Å². The zero-order valence-corrected chi connectivity index (χ0v) is 22.6. The summed E-state index contributed by atoms with van der Waals surface area (Å²) in [6.45, 7) is 5.16. The van der Waals surface area contributed by atoms with E-state index in [1.807, 2.05) is 24.3 Å². The lowest BCUT2D eigenvalue weighted by Gasteiger charge is -2.32. The van der Waals surface area contributed by atoms with Crippen LogP contribution in [-0.2, 0) is 10.0 Å². The fourth-order valence-electron chi connectivity index (χ4n) is 4.70. The van der Waals surface area contributed by atoms with E-state index in [1.54, 1.807) is 29.8 Å². The number of benzene rings is 2. The van der Waals surface area contributed by atoms with Crippen LogP contribution in [-0.4, -0.2) is 52.1 Å². The van der Waals surface area contributed by atoms with Gasteiger partial charge in [-0.3, -0.25) is 0 Å². The number of nitrogens with zero attached hydrogens (tertiary/aromatic N) is 4. The highest BCUT2D eigenvalue weighted by atomic mass is 79.9. The van der Waals surface area contributed by atoms with Crippen molar-refractivity contribution in [1.29, 1.82) is 0 Å². The Balaban J connectivity index is 1.39. The normalized spacial score (nSPS) is 16.9. The fourth-order valence-corrected chi connectivity index (χ4v) is 6.76. The van der Waals surface area contributed by atoms with Crippen LogP contribution in [0.4, 0.5) is 5.82 Å². The summed E-state index contributed by atoms with van der Waals surface area (Å²) in [5, 5.41) is 18.3. The lowest BCUT2D eigenvalue weighted by atomic mass is 10.00. The molecule has 0 bridgehead atoms. The van der Waals surface area contributed by atoms with Crippen LogP contribution in [0.3, 0.4) is 0 Å². The Hall–Kier alpha value is -2.95. The molecule has 2 N–H and O–H groups in total. The Kier molecular flexibility index (Phi) is 6.76. The molecule has 0 saturated carbocycles. The van der Waals surface area contributed by atoms with Crippen molar-refractivity contribution >= 4 is 37.4 Å². The van der Waals surface area contributed by atoms with Crippen LogP contribution in [0.2, 0.25) is 0 Å². The van der Waals surface area contributed by atoms with Crippen LogP contribution in [0.5, 0.6) is 5.75 Å². The molecule has 36 heavy (non-hydrogen) atoms. The highest BCUT2D eigenvalue weighted by Crippen LogP contribution is 2.32. The van der Waals surface area contributed by atoms with Crippen molar-refractivity contribution in [3.8, 4) is 17.0 Å². The minimum absolute atomic E-state index is 0.0313. The van der Waals surface area contributed by atoms with E-state index in [1.165, 1.54) is 10.4 Å². The topological polar surface area (TPSA) is 99.8 Å². The van der Waals surface area contributed by atoms with Crippen molar-refractivity contribution in [3.05, 3.63) is 70.3 Å². The molecule has 188 valence electrons. The average molecular weight is 571 g/mol. The molecule has 1 atom stereocenters. The number of aromatic hydroxyl groups is 1. The number of phenolic OH excluding ortho intramolecular Hbond substituents is 1. The number of fused-ring (bicyclic) bond motifs is 1. The average Bonchev–Trinajstić information content (AvgIpc) is 3.25. The van der Waals surface area contributed by atoms with E-state index < -0.39 is 10.0 Å². The molecule has 1 fully saturated rings. The number of phenols is 1. The Morgan fingerprint density at radius 1 is 1.14 bits per heavy atom. The number of rotatable bonds is 6. The van der Waals surface area contributed by atoms with Crippen LogP contribution in [0.25, 0.3) is 16.9 Å². The fraction of sp³-hybridized carbons (Fsp3) is 0.308. The number of piperidine rings is 1. The van der Waals surface area contributed by atoms with E-state index in [2.05, 4.69) is 39.3 Å². The molecule has 0 aliphatic carbocycles. The van der Waals surface area contributed by atoms with Crippen molar-refractivity contribution in [2.45, 2.75) is 31.6 Å². The largest absolute Gasteiger partial charge is 0.506 e. The summed E-state index contributed by atoms with van der Waals surface area (Å²) >= 11 is 3.55. The van der Waals surface area contributed by atoms with Crippen LogP contribution >= 0.6 is 15.9 Å². The van der Waals surface area contributed by atoms with Gasteiger partial charge in [0.05, 0.1) is 16.4 Å². The van der Waals surface area contributed by atoms with Gasteiger partial charge in [0, 0.05) is 31.3 Å². The Labute approximate surface area is 219 Å². The van der Waals surface area contributed by atoms with Gasteiger partial charge < -0.3 is 10.4 Å². The molecule has 5 rings (SSSR count). The van der Waals surface area contributed by atoms with Crippen molar-refractivity contribution in [2.75, 3.05) is 25.0 Å². The summed E-state index contributed by atoms with van der Waals surface area (Å²) in [6.07, 6.45) is 3.38. The second kappa shape index (κ2) is 9.84. The number of aromatic nitrogens is 3. The van der Waals surface area contributed by atoms with E-state index in [9.17, 15) is 13.5 Å². The Morgan fingerprint density at radius 2 is 1.92 bits per heavy atom. The molecule has 0 spiro atoms. The van der Waals surface area contributed by atoms with E-state index in [0.29, 0.717) is 30.8 Å². The highest BCUT2D eigenvalue weighted by Gasteiger charge is 2.32. The maximum atomic E-state index is 13.3. The molecule has 1 aliphatic rings. The first-order valence-electron chi connectivity index (χ1n) is 11.9. The summed E-state index contributed by atoms with van der Waals surface area (Å²) in [7, 11) is -3.79. The number of hydrogen-bond acceptors (Lipinski definition) is 6. The van der Waals surface area contributed by atoms with Crippen LogP contribution < -0.4 is 5.32 Å². The standard InChI is InChI=1S/C26H28BrN5O3S/c1-17-7-3-4-10-20(17)22-13-24(32-26(30-22)21(27)15-29-32)28-14-19-9-6-12-31(16-19)36(34,35)23-11-5-8-18(2)25(23)33/h3-5,7-8,10-11,13,15,19,28,33H,6,9,12,14,16H2,1-2H3. The molecule has 1 unspecified atom stereocenters. The second-order valence-electron chi connectivity index (χ2n) is 9.24. The number of halogens is 1. The van der Waals surface area contributed by atoms with Gasteiger partial charge in [-0.15, -0.1) is 0 Å². The van der Waals surface area contributed by atoms with Gasteiger partial charge in [-0.2, -0.15) is 13.9 Å². The van der Waals surface area contributed by atoms with Gasteiger partial charge in [0.25, 0.3) is 0 Å². The third-order valence-corrected chi connectivity index (χ3v) is 9.18. The van der Waals surface area contributed by atoms with Gasteiger partial charge in [0.15, 0.2) is 5.65 Å². The summed E-state index contributed by atoms with van der Waals surface area (Å²) < 4.78 is 30.7. The minimum Gasteiger partial charge on any atom is -0.506 e. The third-order valence-electron chi connectivity index (χ3n) is 6.72. The molecule has 4 aromatic rings. The number of anilines is 1. The molecule has 2 aromatic heterocycles. The summed E-state index contributed by atoms with van der Waals surface area (Å²) in [6, 6.07) is 14.9. The molecule has 10 heteroatoms. The van der Waals surface area contributed by atoms with E-state index in [0.717, 1.165) is 40.0 Å². The molecule has 8 nitrogen and oxygen atoms in total. The quantitative estimate of drug-likeness (QED) is 0.339. The zero-order valence-electron chi connectivity index (χ0n) is 20.1. The highest BCUT2D eigenvalue weighted by molar-refractivity contribution is 9.10. The van der Waals surface area contributed by atoms with Gasteiger partial charge in [0.2, 0.25) is 10.0 Å². The minimum atomic E-state index is -3.79. The van der Waals surface area contributed by atoms with Gasteiger partial charge in [-0.25, -0.2) is 13.4 Å². The predicted molar refractivity (Wildman–Crippen MR) is 144 cm³/mol. The van der Waals surface area contributed by atoms with Gasteiger partial charge >= 0.3 is 0 Å². The van der Waals surface area contributed by atoms with Gasteiger partial charge in [-0.05, 0) is 65.7 Å². The van der Waals surface area contributed by atoms with E-state index in [-0.39, 0.29) is 16.6 Å². The lowest BCUT2D eigenvalue weighted by molar-refractivity contribution is 0.274. The first kappa shape index (κ1) is 24.7. The molecular weight excluding hydrogens is 542 g/mol. The van der Waals surface area contributed by atoms with Crippen LogP contribution in [0.1, 0.15) is 24.0 Å². The first-order valence-corrected chi connectivity index (χ1v) is 14.1. The SMILES string of the molecule is Cc1ccccc1-c1cc(NCC2CCCN(S(=O)(=O)c3cccc(C)c3O)C2)n2ncc(Br)c2n1. The number of hydrogen-bond donors (Lipinski definition) is 2. The third kappa shape index (κ3) is 4.60. The number of aryl methyl sites for hydroxylation is 2. The first-order chi connectivity index (χ1) is 17.3. The number of sulfonamides is 1. The molecule has 3 heterocycles. The zero-order chi connectivity index (χ0) is 25.4. The van der Waals surface area contributed by atoms with Crippen LogP contribution in [0, 0.1) is 19.8 Å². The second-order valence-corrected chi connectivity index (χ2v) is 12.0. The van der Waals surface area contributed by atoms with Gasteiger partial charge in [-0.1, -0.05) is 36.4 Å². The molecular formula is C26H28BrN5O3S. The van der Waals surface area contributed by atoms with Crippen molar-refractivity contribution < 1.29 is 13.5 Å². The Bertz CT molecular complexity index is 1540. The monoisotopic (exact) mass is 569 g/mol. The van der Waals surface area contributed by atoms with Gasteiger partial charge in [0.1, 0.15) is 16.5 Å². The predicted octanol–water partition coefficient (Wildman–Crippen LogP) is 4.99. The van der Waals surface area contributed by atoms with Crippen molar-refractivity contribution in [1.82, 2.24) is 18.9 Å². The van der Waals surface area contributed by atoms with Crippen LogP contribution in [0.15, 0.2) is 64.1 Å². The van der Waals surface area contributed by atoms with Crippen molar-refractivity contribution in [3.63, 3.8) is 0 Å². The summed E-state index contributed by atoms with van der Waals surface area (Å²) in [5.41, 5.74) is 4.27. The summed E-state index contributed by atoms with van der Waals surface area (Å²) in [4.78, 5) is 4.79. The molecule has 1 saturated heterocycles. The molecule has 2 aromatic carbocycles. The molecule has 0 radical (unpaired) electrons. The smallest absolute Gasteiger partial charge is 0.246 e. The lowest BCUT2D eigenvalue weighted by Crippen LogP contribution is -2.41. The van der Waals surface area contributed by atoms with E-state index in [4.69, 9.17) is 4.98 Å². The summed E-state index contributed by atoms with van der Waals surface area (Å²) in [5.74, 6) is 0.717. The molecule has 1 aliphatic heterocycles. The molecule has 0 amide bonds. The number of para-hydroxylation sites is 1. The maximum absolute atomic E-state index is 13.3. The number of nitrogens with one attached hydrogen (secondary N) is 1. The van der Waals surface area contributed by atoms with E-state index >= 15 is 0 Å².